The van der Waals surface area contributed by atoms with E-state index in [0.717, 1.165) is 18.4 Å². The van der Waals surface area contributed by atoms with Gasteiger partial charge < -0.3 is 11.1 Å². The van der Waals surface area contributed by atoms with Crippen LogP contribution in [0.1, 0.15) is 31.4 Å². The smallest absolute Gasteiger partial charge is 0.127 e. The first-order valence-electron chi connectivity index (χ1n) is 5.43. The number of nitrogens with one attached hydrogen (secondary N) is 1. The minimum Gasteiger partial charge on any atom is -0.328 e. The number of hydrogen-bond donors (Lipinski definition) is 2. The molecule has 3 atom stereocenters. The van der Waals surface area contributed by atoms with Gasteiger partial charge in [0.05, 0.1) is 0 Å². The van der Waals surface area contributed by atoms with E-state index in [1.165, 1.54) is 6.07 Å². The highest BCUT2D eigenvalue weighted by Gasteiger charge is 2.25. The Labute approximate surface area is 89.7 Å². The van der Waals surface area contributed by atoms with Crippen molar-refractivity contribution in [3.05, 3.63) is 35.6 Å². The molecule has 1 aliphatic rings. The van der Waals surface area contributed by atoms with Gasteiger partial charge in [-0.15, -0.1) is 0 Å². The summed E-state index contributed by atoms with van der Waals surface area (Å²) in [5.74, 6) is -0.142. The molecule has 2 nitrogen and oxygen atoms in total. The second kappa shape index (κ2) is 4.29. The van der Waals surface area contributed by atoms with E-state index in [0.29, 0.717) is 6.04 Å². The van der Waals surface area contributed by atoms with Gasteiger partial charge in [0.25, 0.3) is 0 Å². The zero-order valence-corrected chi connectivity index (χ0v) is 8.91. The Hall–Kier alpha value is -0.930. The first-order valence-corrected chi connectivity index (χ1v) is 5.43. The van der Waals surface area contributed by atoms with Crippen molar-refractivity contribution in [1.82, 2.24) is 5.32 Å². The lowest BCUT2D eigenvalue weighted by atomic mass is 9.90. The highest BCUT2D eigenvalue weighted by molar-refractivity contribution is 5.22. The van der Waals surface area contributed by atoms with Crippen LogP contribution in [-0.2, 0) is 0 Å². The molecule has 82 valence electrons. The minimum atomic E-state index is -0.142. The van der Waals surface area contributed by atoms with Crippen LogP contribution in [0.2, 0.25) is 0 Å². The van der Waals surface area contributed by atoms with Crippen molar-refractivity contribution in [1.29, 1.82) is 0 Å². The third kappa shape index (κ3) is 2.36. The van der Waals surface area contributed by atoms with Crippen LogP contribution in [-0.4, -0.2) is 12.1 Å². The SMILES string of the molecule is C[C@H]1C[C@@H](N)C[C@@H](c2ccccc2F)N1. The number of benzene rings is 1. The summed E-state index contributed by atoms with van der Waals surface area (Å²) in [6, 6.07) is 7.50. The van der Waals surface area contributed by atoms with Crippen LogP contribution < -0.4 is 11.1 Å². The number of hydrogen-bond acceptors (Lipinski definition) is 2. The van der Waals surface area contributed by atoms with Gasteiger partial charge in [-0.3, -0.25) is 0 Å². The fraction of sp³-hybridized carbons (Fsp3) is 0.500. The van der Waals surface area contributed by atoms with Crippen LogP contribution in [0.15, 0.2) is 24.3 Å². The average molecular weight is 208 g/mol. The topological polar surface area (TPSA) is 38.0 Å². The molecule has 1 aromatic carbocycles. The van der Waals surface area contributed by atoms with Gasteiger partial charge in [0.15, 0.2) is 0 Å². The van der Waals surface area contributed by atoms with Crippen molar-refractivity contribution in [3.63, 3.8) is 0 Å². The van der Waals surface area contributed by atoms with Crippen molar-refractivity contribution in [2.75, 3.05) is 0 Å². The van der Waals surface area contributed by atoms with Crippen molar-refractivity contribution in [2.24, 2.45) is 5.73 Å². The lowest BCUT2D eigenvalue weighted by molar-refractivity contribution is 0.302. The van der Waals surface area contributed by atoms with E-state index >= 15 is 0 Å². The largest absolute Gasteiger partial charge is 0.328 e. The van der Waals surface area contributed by atoms with Gasteiger partial charge in [0.1, 0.15) is 5.82 Å². The quantitative estimate of drug-likeness (QED) is 0.740. The predicted octanol–water partition coefficient (Wildman–Crippen LogP) is 1.97. The van der Waals surface area contributed by atoms with Crippen molar-refractivity contribution in [2.45, 2.75) is 37.9 Å². The standard InChI is InChI=1S/C12H17FN2/c1-8-6-9(14)7-12(15-8)10-4-2-3-5-11(10)13/h2-5,8-9,12,15H,6-7,14H2,1H3/t8-,9+,12-/m0/s1. The third-order valence-corrected chi connectivity index (χ3v) is 2.96. The zero-order valence-electron chi connectivity index (χ0n) is 8.91. The Bertz CT molecular complexity index is 330. The summed E-state index contributed by atoms with van der Waals surface area (Å²) < 4.78 is 13.5. The van der Waals surface area contributed by atoms with Crippen LogP contribution in [0.4, 0.5) is 4.39 Å². The molecule has 0 aliphatic carbocycles. The third-order valence-electron chi connectivity index (χ3n) is 2.96. The number of piperidine rings is 1. The lowest BCUT2D eigenvalue weighted by Crippen LogP contribution is -2.44. The molecule has 0 unspecified atom stereocenters. The molecular formula is C12H17FN2. The first kappa shape index (κ1) is 10.6. The van der Waals surface area contributed by atoms with Gasteiger partial charge in [0, 0.05) is 23.7 Å². The Morgan fingerprint density at radius 3 is 2.73 bits per heavy atom. The van der Waals surface area contributed by atoms with Gasteiger partial charge in [-0.25, -0.2) is 4.39 Å². The van der Waals surface area contributed by atoms with Crippen molar-refractivity contribution in [3.8, 4) is 0 Å². The van der Waals surface area contributed by atoms with Gasteiger partial charge in [-0.05, 0) is 25.8 Å². The van der Waals surface area contributed by atoms with Gasteiger partial charge in [-0.1, -0.05) is 18.2 Å². The van der Waals surface area contributed by atoms with E-state index in [2.05, 4.69) is 12.2 Å². The molecule has 3 heteroatoms. The molecule has 0 radical (unpaired) electrons. The number of nitrogens with two attached hydrogens (primary N) is 1. The molecule has 1 aliphatic heterocycles. The van der Waals surface area contributed by atoms with Crippen LogP contribution >= 0.6 is 0 Å². The van der Waals surface area contributed by atoms with Crippen LogP contribution in [0.25, 0.3) is 0 Å². The Morgan fingerprint density at radius 2 is 2.07 bits per heavy atom. The highest BCUT2D eigenvalue weighted by Crippen LogP contribution is 2.26. The van der Waals surface area contributed by atoms with Gasteiger partial charge in [0.2, 0.25) is 0 Å². The average Bonchev–Trinajstić information content (AvgIpc) is 2.16. The summed E-state index contributed by atoms with van der Waals surface area (Å²) >= 11 is 0. The molecular weight excluding hydrogens is 191 g/mol. The first-order chi connectivity index (χ1) is 7.16. The lowest BCUT2D eigenvalue weighted by Gasteiger charge is -2.33. The summed E-state index contributed by atoms with van der Waals surface area (Å²) in [4.78, 5) is 0. The van der Waals surface area contributed by atoms with Crippen LogP contribution in [0, 0.1) is 5.82 Å². The Balaban J connectivity index is 2.20. The summed E-state index contributed by atoms with van der Waals surface area (Å²) in [5, 5.41) is 3.38. The molecule has 0 amide bonds. The maximum Gasteiger partial charge on any atom is 0.127 e. The van der Waals surface area contributed by atoms with Gasteiger partial charge >= 0.3 is 0 Å². The molecule has 0 spiro atoms. The minimum absolute atomic E-state index is 0.0601. The summed E-state index contributed by atoms with van der Waals surface area (Å²) in [6.45, 7) is 2.09. The molecule has 1 aromatic rings. The van der Waals surface area contributed by atoms with E-state index in [9.17, 15) is 4.39 Å². The fourth-order valence-electron chi connectivity index (χ4n) is 2.31. The fourth-order valence-corrected chi connectivity index (χ4v) is 2.31. The molecule has 0 aromatic heterocycles. The maximum atomic E-state index is 13.5. The van der Waals surface area contributed by atoms with E-state index in [-0.39, 0.29) is 17.9 Å². The van der Waals surface area contributed by atoms with E-state index in [1.54, 1.807) is 6.07 Å². The van der Waals surface area contributed by atoms with Crippen molar-refractivity contribution >= 4 is 0 Å². The van der Waals surface area contributed by atoms with Crippen LogP contribution in [0.5, 0.6) is 0 Å². The zero-order chi connectivity index (χ0) is 10.8. The van der Waals surface area contributed by atoms with Crippen LogP contribution in [0.3, 0.4) is 0 Å². The molecule has 2 rings (SSSR count). The van der Waals surface area contributed by atoms with E-state index in [1.807, 2.05) is 12.1 Å². The van der Waals surface area contributed by atoms with E-state index in [4.69, 9.17) is 5.73 Å². The second-order valence-electron chi connectivity index (χ2n) is 4.37. The molecule has 1 heterocycles. The molecule has 1 saturated heterocycles. The Morgan fingerprint density at radius 1 is 1.33 bits per heavy atom. The summed E-state index contributed by atoms with van der Waals surface area (Å²) in [5.41, 5.74) is 6.68. The molecule has 0 saturated carbocycles. The maximum absolute atomic E-state index is 13.5. The summed E-state index contributed by atoms with van der Waals surface area (Å²) in [6.07, 6.45) is 1.77. The highest BCUT2D eigenvalue weighted by atomic mass is 19.1. The van der Waals surface area contributed by atoms with E-state index < -0.39 is 0 Å². The van der Waals surface area contributed by atoms with Crippen molar-refractivity contribution < 1.29 is 4.39 Å². The van der Waals surface area contributed by atoms with Gasteiger partial charge in [-0.2, -0.15) is 0 Å². The second-order valence-corrected chi connectivity index (χ2v) is 4.37. The predicted molar refractivity (Wildman–Crippen MR) is 58.9 cm³/mol. The summed E-state index contributed by atoms with van der Waals surface area (Å²) in [7, 11) is 0. The number of halogens is 1. The normalized spacial score (nSPS) is 31.5. The molecule has 3 N–H and O–H groups in total. The molecule has 0 bridgehead atoms. The molecule has 15 heavy (non-hydrogen) atoms. The monoisotopic (exact) mass is 208 g/mol. The molecule has 1 fully saturated rings. The number of rotatable bonds is 1. The Kier molecular flexibility index (Phi) is 3.03.